The minimum Gasteiger partial charge on any atom is -0.262 e. The molecule has 0 bridgehead atoms. The number of aromatic amines is 1. The highest BCUT2D eigenvalue weighted by Crippen LogP contribution is 2.31. The fraction of sp³-hybridized carbons (Fsp3) is 0.571. The number of hydrogen-bond donors (Lipinski definition) is 1. The van der Waals surface area contributed by atoms with E-state index in [0.29, 0.717) is 5.92 Å². The van der Waals surface area contributed by atoms with Gasteiger partial charge in [0, 0.05) is 11.5 Å². The average molecular weight is 257 g/mol. The normalized spacial score (nSPS) is 16.7. The van der Waals surface area contributed by atoms with Gasteiger partial charge in [-0.1, -0.05) is 19.3 Å². The van der Waals surface area contributed by atoms with Crippen LogP contribution in [-0.2, 0) is 0 Å². The summed E-state index contributed by atoms with van der Waals surface area (Å²) in [5.41, 5.74) is 2.75. The minimum absolute atomic E-state index is 0.547. The smallest absolute Gasteiger partial charge is 0.183 e. The van der Waals surface area contributed by atoms with E-state index in [1.54, 1.807) is 0 Å². The van der Waals surface area contributed by atoms with Gasteiger partial charge in [0.1, 0.15) is 5.82 Å². The fourth-order valence-corrected chi connectivity index (χ4v) is 2.73. The molecule has 1 N–H and O–H groups in total. The van der Waals surface area contributed by atoms with Crippen molar-refractivity contribution in [1.82, 2.24) is 25.4 Å². The number of nitrogens with one attached hydrogen (secondary N) is 1. The van der Waals surface area contributed by atoms with E-state index in [2.05, 4.69) is 25.4 Å². The summed E-state index contributed by atoms with van der Waals surface area (Å²) in [7, 11) is 0. The number of hydrogen-bond acceptors (Lipinski definition) is 4. The maximum atomic E-state index is 4.67. The molecule has 2 aromatic heterocycles. The van der Waals surface area contributed by atoms with Crippen molar-refractivity contribution in [2.24, 2.45) is 0 Å². The Morgan fingerprint density at radius 3 is 2.68 bits per heavy atom. The van der Waals surface area contributed by atoms with E-state index >= 15 is 0 Å². The highest BCUT2D eigenvalue weighted by Gasteiger charge is 2.20. The minimum atomic E-state index is 0.547. The molecule has 0 radical (unpaired) electrons. The van der Waals surface area contributed by atoms with Crippen molar-refractivity contribution in [3.8, 4) is 11.4 Å². The van der Waals surface area contributed by atoms with Gasteiger partial charge in [0.2, 0.25) is 0 Å². The van der Waals surface area contributed by atoms with E-state index in [4.69, 9.17) is 0 Å². The third-order valence-corrected chi connectivity index (χ3v) is 3.84. The first-order valence-corrected chi connectivity index (χ1v) is 6.97. The maximum Gasteiger partial charge on any atom is 0.183 e. The van der Waals surface area contributed by atoms with Gasteiger partial charge in [-0.25, -0.2) is 4.98 Å². The number of aromatic nitrogens is 5. The molecule has 5 heteroatoms. The van der Waals surface area contributed by atoms with Gasteiger partial charge in [-0.2, -0.15) is 15.3 Å². The van der Waals surface area contributed by atoms with Crippen LogP contribution >= 0.6 is 0 Å². The van der Waals surface area contributed by atoms with Gasteiger partial charge in [0.05, 0.1) is 11.4 Å². The molecule has 1 fully saturated rings. The van der Waals surface area contributed by atoms with Crippen LogP contribution < -0.4 is 0 Å². The molecule has 0 aromatic carbocycles. The number of H-pyrrole nitrogens is 1. The van der Waals surface area contributed by atoms with Gasteiger partial charge in [-0.15, -0.1) is 0 Å². The SMILES string of the molecule is Cc1cc(-c2n[nH]c(C3CCCCC3)n2)c(C)nn1. The van der Waals surface area contributed by atoms with Gasteiger partial charge in [-0.3, -0.25) is 5.10 Å². The van der Waals surface area contributed by atoms with Crippen molar-refractivity contribution in [3.63, 3.8) is 0 Å². The maximum absolute atomic E-state index is 4.67. The lowest BCUT2D eigenvalue weighted by molar-refractivity contribution is 0.429. The summed E-state index contributed by atoms with van der Waals surface area (Å²) >= 11 is 0. The van der Waals surface area contributed by atoms with Crippen molar-refractivity contribution < 1.29 is 0 Å². The summed E-state index contributed by atoms with van der Waals surface area (Å²) in [5.74, 6) is 2.32. The lowest BCUT2D eigenvalue weighted by Gasteiger charge is -2.18. The number of nitrogens with zero attached hydrogens (tertiary/aromatic N) is 4. The molecular weight excluding hydrogens is 238 g/mol. The Labute approximate surface area is 112 Å². The van der Waals surface area contributed by atoms with Crippen LogP contribution in [0.2, 0.25) is 0 Å². The molecule has 0 spiro atoms. The predicted octanol–water partition coefficient (Wildman–Crippen LogP) is 2.93. The van der Waals surface area contributed by atoms with Crippen LogP contribution in [0.5, 0.6) is 0 Å². The van der Waals surface area contributed by atoms with Gasteiger partial charge >= 0.3 is 0 Å². The van der Waals surface area contributed by atoms with Crippen molar-refractivity contribution in [1.29, 1.82) is 0 Å². The molecule has 1 aliphatic carbocycles. The Bertz CT molecular complexity index is 569. The largest absolute Gasteiger partial charge is 0.262 e. The summed E-state index contributed by atoms with van der Waals surface area (Å²) < 4.78 is 0. The summed E-state index contributed by atoms with van der Waals surface area (Å²) in [6, 6.07) is 2.00. The van der Waals surface area contributed by atoms with E-state index in [-0.39, 0.29) is 0 Å². The lowest BCUT2D eigenvalue weighted by Crippen LogP contribution is -2.06. The Hall–Kier alpha value is -1.78. The first-order chi connectivity index (χ1) is 9.24. The second-order valence-corrected chi connectivity index (χ2v) is 5.36. The van der Waals surface area contributed by atoms with Crippen molar-refractivity contribution >= 4 is 0 Å². The molecule has 2 heterocycles. The monoisotopic (exact) mass is 257 g/mol. The molecule has 3 rings (SSSR count). The zero-order chi connectivity index (χ0) is 13.2. The molecule has 5 nitrogen and oxygen atoms in total. The molecular formula is C14H19N5. The summed E-state index contributed by atoms with van der Waals surface area (Å²) in [5, 5.41) is 15.6. The van der Waals surface area contributed by atoms with Crippen LogP contribution in [0.4, 0.5) is 0 Å². The van der Waals surface area contributed by atoms with Crippen LogP contribution in [0.15, 0.2) is 6.07 Å². The van der Waals surface area contributed by atoms with Gasteiger partial charge in [0.15, 0.2) is 5.82 Å². The Balaban J connectivity index is 1.89. The highest BCUT2D eigenvalue weighted by atomic mass is 15.2. The molecule has 0 saturated heterocycles. The molecule has 0 aliphatic heterocycles. The molecule has 19 heavy (non-hydrogen) atoms. The fourth-order valence-electron chi connectivity index (χ4n) is 2.73. The van der Waals surface area contributed by atoms with Crippen LogP contribution in [-0.4, -0.2) is 25.4 Å². The number of aryl methyl sites for hydroxylation is 2. The quantitative estimate of drug-likeness (QED) is 0.898. The number of rotatable bonds is 2. The van der Waals surface area contributed by atoms with Gasteiger partial charge in [-0.05, 0) is 32.8 Å². The zero-order valence-electron chi connectivity index (χ0n) is 11.5. The summed E-state index contributed by atoms with van der Waals surface area (Å²) in [6.45, 7) is 3.88. The zero-order valence-corrected chi connectivity index (χ0v) is 11.5. The average Bonchev–Trinajstić information content (AvgIpc) is 2.92. The molecule has 100 valence electrons. The van der Waals surface area contributed by atoms with Crippen LogP contribution in [0.1, 0.15) is 55.2 Å². The molecule has 2 aromatic rings. The Morgan fingerprint density at radius 1 is 1.11 bits per heavy atom. The van der Waals surface area contributed by atoms with Crippen molar-refractivity contribution in [3.05, 3.63) is 23.3 Å². The third kappa shape index (κ3) is 2.50. The lowest BCUT2D eigenvalue weighted by atomic mass is 9.89. The summed E-state index contributed by atoms with van der Waals surface area (Å²) in [4.78, 5) is 4.67. The Kier molecular flexibility index (Phi) is 3.27. The van der Waals surface area contributed by atoms with Gasteiger partial charge < -0.3 is 0 Å². The second-order valence-electron chi connectivity index (χ2n) is 5.36. The predicted molar refractivity (Wildman–Crippen MR) is 72.7 cm³/mol. The standard InChI is InChI=1S/C14H19N5/c1-9-8-12(10(2)17-16-9)14-15-13(18-19-14)11-6-4-3-5-7-11/h8,11H,3-7H2,1-2H3,(H,15,18,19). The van der Waals surface area contributed by atoms with Gasteiger partial charge in [0.25, 0.3) is 0 Å². The first kappa shape index (κ1) is 12.3. The second kappa shape index (κ2) is 5.07. The molecule has 1 aliphatic rings. The van der Waals surface area contributed by atoms with E-state index < -0.39 is 0 Å². The van der Waals surface area contributed by atoms with E-state index in [0.717, 1.165) is 28.6 Å². The van der Waals surface area contributed by atoms with Crippen LogP contribution in [0.3, 0.4) is 0 Å². The van der Waals surface area contributed by atoms with Crippen molar-refractivity contribution in [2.75, 3.05) is 0 Å². The topological polar surface area (TPSA) is 67.3 Å². The third-order valence-electron chi connectivity index (χ3n) is 3.84. The Morgan fingerprint density at radius 2 is 1.89 bits per heavy atom. The van der Waals surface area contributed by atoms with E-state index in [9.17, 15) is 0 Å². The van der Waals surface area contributed by atoms with E-state index in [1.165, 1.54) is 32.1 Å². The van der Waals surface area contributed by atoms with Crippen LogP contribution in [0.25, 0.3) is 11.4 Å². The van der Waals surface area contributed by atoms with Crippen LogP contribution in [0, 0.1) is 13.8 Å². The van der Waals surface area contributed by atoms with E-state index in [1.807, 2.05) is 19.9 Å². The molecule has 0 amide bonds. The summed E-state index contributed by atoms with van der Waals surface area (Å²) in [6.07, 6.45) is 6.40. The molecule has 1 saturated carbocycles. The molecule has 0 unspecified atom stereocenters. The highest BCUT2D eigenvalue weighted by molar-refractivity contribution is 5.57. The van der Waals surface area contributed by atoms with Crippen molar-refractivity contribution in [2.45, 2.75) is 51.9 Å². The first-order valence-electron chi connectivity index (χ1n) is 6.97. The molecule has 0 atom stereocenters.